The highest BCUT2D eigenvalue weighted by molar-refractivity contribution is 7.99. The largest absolute Gasteiger partial charge is 0.456 e. The lowest BCUT2D eigenvalue weighted by Gasteiger charge is -2.11. The number of hydrogen-bond donors (Lipinski definition) is 2. The van der Waals surface area contributed by atoms with E-state index in [-0.39, 0.29) is 11.3 Å². The number of hydrogen-bond acceptors (Lipinski definition) is 7. The summed E-state index contributed by atoms with van der Waals surface area (Å²) in [6, 6.07) is 15.6. The van der Waals surface area contributed by atoms with Crippen LogP contribution in [0.5, 0.6) is 0 Å². The van der Waals surface area contributed by atoms with Gasteiger partial charge in [0.05, 0.1) is 11.3 Å². The zero-order chi connectivity index (χ0) is 23.5. The minimum absolute atomic E-state index is 0.0159. The van der Waals surface area contributed by atoms with E-state index in [4.69, 9.17) is 4.74 Å². The van der Waals surface area contributed by atoms with Crippen molar-refractivity contribution in [3.8, 4) is 0 Å². The van der Waals surface area contributed by atoms with E-state index in [2.05, 4.69) is 15.0 Å². The molecule has 33 heavy (non-hydrogen) atoms. The Morgan fingerprint density at radius 3 is 2.67 bits per heavy atom. The molecule has 0 radical (unpaired) electrons. The van der Waals surface area contributed by atoms with Crippen molar-refractivity contribution in [2.75, 3.05) is 24.2 Å². The molecule has 1 aliphatic rings. The van der Waals surface area contributed by atoms with E-state index in [0.29, 0.717) is 30.2 Å². The number of thioether (sulfide) groups is 1. The Balaban J connectivity index is 1.46. The molecule has 1 heterocycles. The number of aliphatic imine (C=N–C) groups is 1. The monoisotopic (exact) mass is 489 g/mol. The average Bonchev–Trinajstić information content (AvgIpc) is 3.07. The van der Waals surface area contributed by atoms with Crippen molar-refractivity contribution in [3.05, 3.63) is 54.6 Å². The zero-order valence-electron chi connectivity index (χ0n) is 18.2. The van der Waals surface area contributed by atoms with E-state index in [1.54, 1.807) is 6.07 Å². The van der Waals surface area contributed by atoms with Gasteiger partial charge >= 0.3 is 5.97 Å². The number of nitrogens with one attached hydrogen (secondary N) is 2. The van der Waals surface area contributed by atoms with Crippen LogP contribution in [0.4, 0.5) is 5.69 Å². The number of amides is 1. The number of esters is 1. The highest BCUT2D eigenvalue weighted by Crippen LogP contribution is 2.18. The van der Waals surface area contributed by atoms with E-state index in [1.807, 2.05) is 30.3 Å². The van der Waals surface area contributed by atoms with Crippen LogP contribution in [0.15, 0.2) is 69.4 Å². The molecule has 2 aromatic rings. The molecule has 3 rings (SSSR count). The summed E-state index contributed by atoms with van der Waals surface area (Å²) in [6.45, 7) is 0.165. The van der Waals surface area contributed by atoms with Gasteiger partial charge in [0.25, 0.3) is 15.9 Å². The van der Waals surface area contributed by atoms with Gasteiger partial charge < -0.3 is 10.1 Å². The van der Waals surface area contributed by atoms with Gasteiger partial charge in [-0.25, -0.2) is 8.42 Å². The van der Waals surface area contributed by atoms with Gasteiger partial charge in [-0.1, -0.05) is 30.7 Å². The van der Waals surface area contributed by atoms with Crippen molar-refractivity contribution < 1.29 is 22.7 Å². The molecule has 1 amide bonds. The SMILES string of the molecule is O=C(COC(=O)CCSc1ccccc1)Nc1cccc(S(=O)(=O)NC2=NCCCCC2)c1. The van der Waals surface area contributed by atoms with E-state index < -0.39 is 28.5 Å². The summed E-state index contributed by atoms with van der Waals surface area (Å²) in [6.07, 6.45) is 3.62. The Bertz CT molecular complexity index is 1090. The summed E-state index contributed by atoms with van der Waals surface area (Å²) in [5, 5.41) is 2.56. The van der Waals surface area contributed by atoms with Gasteiger partial charge in [0, 0.05) is 29.3 Å². The van der Waals surface area contributed by atoms with Gasteiger partial charge in [0.1, 0.15) is 5.84 Å². The number of carbonyl (C=O) groups excluding carboxylic acids is 2. The Morgan fingerprint density at radius 1 is 1.03 bits per heavy atom. The molecule has 0 fully saturated rings. The van der Waals surface area contributed by atoms with Crippen LogP contribution in [0.3, 0.4) is 0 Å². The first kappa shape index (κ1) is 24.8. The van der Waals surface area contributed by atoms with Gasteiger partial charge in [-0.05, 0) is 43.2 Å². The molecule has 0 spiro atoms. The van der Waals surface area contributed by atoms with Crippen molar-refractivity contribution in [2.45, 2.75) is 41.9 Å². The first-order valence-electron chi connectivity index (χ1n) is 10.7. The number of amidine groups is 1. The first-order valence-corrected chi connectivity index (χ1v) is 13.2. The molecule has 10 heteroatoms. The Kier molecular flexibility index (Phi) is 9.32. The lowest BCUT2D eigenvalue weighted by Crippen LogP contribution is -2.30. The number of anilines is 1. The predicted octanol–water partition coefficient (Wildman–Crippen LogP) is 3.60. The van der Waals surface area contributed by atoms with Crippen LogP contribution in [-0.2, 0) is 24.3 Å². The number of carbonyl (C=O) groups is 2. The molecule has 0 bridgehead atoms. The Hall–Kier alpha value is -2.85. The molecule has 0 saturated heterocycles. The predicted molar refractivity (Wildman–Crippen MR) is 129 cm³/mol. The minimum atomic E-state index is -3.81. The molecule has 2 aromatic carbocycles. The fourth-order valence-electron chi connectivity index (χ4n) is 3.10. The second-order valence-electron chi connectivity index (χ2n) is 7.39. The Morgan fingerprint density at radius 2 is 1.85 bits per heavy atom. The van der Waals surface area contributed by atoms with Gasteiger partial charge in [-0.3, -0.25) is 19.3 Å². The lowest BCUT2D eigenvalue weighted by atomic mass is 10.2. The van der Waals surface area contributed by atoms with Crippen LogP contribution < -0.4 is 10.0 Å². The zero-order valence-corrected chi connectivity index (χ0v) is 19.8. The molecular weight excluding hydrogens is 462 g/mol. The fraction of sp³-hybridized carbons (Fsp3) is 0.348. The van der Waals surface area contributed by atoms with Crippen molar-refractivity contribution in [1.82, 2.24) is 4.72 Å². The Labute approximate surface area is 198 Å². The topological polar surface area (TPSA) is 114 Å². The van der Waals surface area contributed by atoms with Crippen LogP contribution >= 0.6 is 11.8 Å². The van der Waals surface area contributed by atoms with Crippen molar-refractivity contribution in [3.63, 3.8) is 0 Å². The van der Waals surface area contributed by atoms with Gasteiger partial charge in [0.2, 0.25) is 0 Å². The molecule has 0 saturated carbocycles. The summed E-state index contributed by atoms with van der Waals surface area (Å²) < 4.78 is 32.9. The van der Waals surface area contributed by atoms with E-state index in [9.17, 15) is 18.0 Å². The summed E-state index contributed by atoms with van der Waals surface area (Å²) in [5.74, 6) is -0.0184. The third kappa shape index (κ3) is 8.54. The van der Waals surface area contributed by atoms with Crippen molar-refractivity contribution in [2.24, 2.45) is 4.99 Å². The summed E-state index contributed by atoms with van der Waals surface area (Å²) in [5.41, 5.74) is 0.293. The number of sulfonamides is 1. The molecule has 0 aliphatic carbocycles. The van der Waals surface area contributed by atoms with E-state index in [0.717, 1.165) is 24.2 Å². The smallest absolute Gasteiger partial charge is 0.307 e. The number of nitrogens with zero attached hydrogens (tertiary/aromatic N) is 1. The molecule has 2 N–H and O–H groups in total. The third-order valence-electron chi connectivity index (χ3n) is 4.74. The van der Waals surface area contributed by atoms with Crippen LogP contribution in [0.2, 0.25) is 0 Å². The lowest BCUT2D eigenvalue weighted by molar-refractivity contribution is -0.146. The van der Waals surface area contributed by atoms with Crippen LogP contribution in [0, 0.1) is 0 Å². The van der Waals surface area contributed by atoms with Crippen molar-refractivity contribution in [1.29, 1.82) is 0 Å². The quantitative estimate of drug-likeness (QED) is 0.411. The van der Waals surface area contributed by atoms with Gasteiger partial charge in [-0.15, -0.1) is 11.8 Å². The van der Waals surface area contributed by atoms with Gasteiger partial charge in [-0.2, -0.15) is 0 Å². The van der Waals surface area contributed by atoms with Crippen LogP contribution in [0.1, 0.15) is 32.1 Å². The standard InChI is InChI=1S/C23H27N3O5S2/c27-22(17-31-23(28)13-15-32-19-9-3-1-4-10-19)25-18-8-7-11-20(16-18)33(29,30)26-21-12-5-2-6-14-24-21/h1,3-4,7-11,16H,2,5-6,12-15,17H2,(H,24,26)(H,25,27). The van der Waals surface area contributed by atoms with E-state index >= 15 is 0 Å². The van der Waals surface area contributed by atoms with Crippen LogP contribution in [-0.4, -0.2) is 45.0 Å². The normalized spacial score (nSPS) is 14.0. The summed E-state index contributed by atoms with van der Waals surface area (Å²) >= 11 is 1.53. The summed E-state index contributed by atoms with van der Waals surface area (Å²) in [7, 11) is -3.81. The average molecular weight is 490 g/mol. The second-order valence-corrected chi connectivity index (χ2v) is 10.2. The molecular formula is C23H27N3O5S2. The third-order valence-corrected chi connectivity index (χ3v) is 7.13. The molecule has 0 atom stereocenters. The van der Waals surface area contributed by atoms with Crippen LogP contribution in [0.25, 0.3) is 0 Å². The minimum Gasteiger partial charge on any atom is -0.456 e. The first-order chi connectivity index (χ1) is 15.9. The number of benzene rings is 2. The molecule has 176 valence electrons. The van der Waals surface area contributed by atoms with Gasteiger partial charge in [0.15, 0.2) is 6.61 Å². The highest BCUT2D eigenvalue weighted by Gasteiger charge is 2.18. The molecule has 0 aromatic heterocycles. The maximum absolute atomic E-state index is 12.7. The summed E-state index contributed by atoms with van der Waals surface area (Å²) in [4.78, 5) is 29.4. The molecule has 0 unspecified atom stereocenters. The molecule has 8 nitrogen and oxygen atoms in total. The highest BCUT2D eigenvalue weighted by atomic mass is 32.2. The van der Waals surface area contributed by atoms with E-state index in [1.165, 1.54) is 30.0 Å². The van der Waals surface area contributed by atoms with Crippen molar-refractivity contribution >= 4 is 45.2 Å². The maximum atomic E-state index is 12.7. The maximum Gasteiger partial charge on any atom is 0.307 e. The molecule has 1 aliphatic heterocycles. The number of ether oxygens (including phenoxy) is 1. The second kappa shape index (κ2) is 12.4. The number of rotatable bonds is 9. The fourth-order valence-corrected chi connectivity index (χ4v) is 5.09.